The third kappa shape index (κ3) is 4.08. The lowest BCUT2D eigenvalue weighted by Crippen LogP contribution is -2.27. The van der Waals surface area contributed by atoms with Crippen LogP contribution in [0, 0.1) is 6.92 Å². The van der Waals surface area contributed by atoms with E-state index < -0.39 is 11.7 Å². The minimum Gasteiger partial charge on any atom is -0.497 e. The second kappa shape index (κ2) is 7.50. The van der Waals surface area contributed by atoms with Crippen molar-refractivity contribution in [1.29, 1.82) is 0 Å². The van der Waals surface area contributed by atoms with Crippen molar-refractivity contribution in [1.82, 2.24) is 9.88 Å². The minimum atomic E-state index is -4.38. The summed E-state index contributed by atoms with van der Waals surface area (Å²) in [6.07, 6.45) is -4.38. The van der Waals surface area contributed by atoms with E-state index in [0.29, 0.717) is 22.6 Å². The van der Waals surface area contributed by atoms with Crippen LogP contribution in [-0.2, 0) is 12.7 Å². The summed E-state index contributed by atoms with van der Waals surface area (Å²) in [5, 5.41) is 0.803. The molecule has 0 aliphatic carbocycles. The van der Waals surface area contributed by atoms with E-state index >= 15 is 0 Å². The number of methoxy groups -OCH3 is 1. The Morgan fingerprint density at radius 3 is 2.39 bits per heavy atom. The Morgan fingerprint density at radius 2 is 1.79 bits per heavy atom. The summed E-state index contributed by atoms with van der Waals surface area (Å²) >= 11 is 0. The summed E-state index contributed by atoms with van der Waals surface area (Å²) in [6.45, 7) is 1.94. The number of halogens is 3. The van der Waals surface area contributed by atoms with Gasteiger partial charge in [-0.25, -0.2) is 0 Å². The standard InChI is InChI=1S/C21H19F3N2O2/c1-13-18(10-15-6-9-17(28-3)11-19(15)25-13)20(27)26(2)12-14-4-7-16(8-5-14)21(22,23)24/h4-11H,12H2,1-3H3. The molecule has 0 fully saturated rings. The predicted octanol–water partition coefficient (Wildman–Crippen LogP) is 4.84. The highest BCUT2D eigenvalue weighted by molar-refractivity contribution is 5.98. The summed E-state index contributed by atoms with van der Waals surface area (Å²) < 4.78 is 43.2. The number of carbonyl (C=O) groups is 1. The van der Waals surface area contributed by atoms with Gasteiger partial charge in [-0.15, -0.1) is 0 Å². The van der Waals surface area contributed by atoms with Crippen molar-refractivity contribution in [2.75, 3.05) is 14.2 Å². The van der Waals surface area contributed by atoms with Crippen LogP contribution in [0.4, 0.5) is 13.2 Å². The van der Waals surface area contributed by atoms with Crippen molar-refractivity contribution in [2.45, 2.75) is 19.6 Å². The Hall–Kier alpha value is -3.09. The molecule has 0 unspecified atom stereocenters. The lowest BCUT2D eigenvalue weighted by atomic mass is 10.1. The zero-order chi connectivity index (χ0) is 20.5. The molecular formula is C21H19F3N2O2. The smallest absolute Gasteiger partial charge is 0.416 e. The molecule has 146 valence electrons. The fourth-order valence-electron chi connectivity index (χ4n) is 2.94. The van der Waals surface area contributed by atoms with Gasteiger partial charge in [0, 0.05) is 25.0 Å². The highest BCUT2D eigenvalue weighted by Gasteiger charge is 2.30. The van der Waals surface area contributed by atoms with E-state index in [1.165, 1.54) is 17.0 Å². The molecule has 0 bridgehead atoms. The summed E-state index contributed by atoms with van der Waals surface area (Å²) in [5.41, 5.74) is 1.64. The first-order valence-corrected chi connectivity index (χ1v) is 8.56. The lowest BCUT2D eigenvalue weighted by molar-refractivity contribution is -0.137. The van der Waals surface area contributed by atoms with Crippen molar-refractivity contribution >= 4 is 16.8 Å². The molecule has 28 heavy (non-hydrogen) atoms. The zero-order valence-electron chi connectivity index (χ0n) is 15.7. The largest absolute Gasteiger partial charge is 0.497 e. The average molecular weight is 388 g/mol. The first-order valence-electron chi connectivity index (χ1n) is 8.56. The summed E-state index contributed by atoms with van der Waals surface area (Å²) in [6, 6.07) is 12.0. The number of fused-ring (bicyclic) bond motifs is 1. The summed E-state index contributed by atoms with van der Waals surface area (Å²) in [7, 11) is 3.18. The Bertz CT molecular complexity index is 1010. The molecule has 0 saturated carbocycles. The number of ether oxygens (including phenoxy) is 1. The van der Waals surface area contributed by atoms with E-state index in [9.17, 15) is 18.0 Å². The molecule has 0 atom stereocenters. The number of hydrogen-bond acceptors (Lipinski definition) is 3. The van der Waals surface area contributed by atoms with E-state index in [1.54, 1.807) is 39.3 Å². The first-order chi connectivity index (χ1) is 13.2. The van der Waals surface area contributed by atoms with Crippen LogP contribution in [0.5, 0.6) is 5.75 Å². The third-order valence-electron chi connectivity index (χ3n) is 4.49. The normalized spacial score (nSPS) is 11.5. The monoisotopic (exact) mass is 388 g/mol. The van der Waals surface area contributed by atoms with Gasteiger partial charge in [0.15, 0.2) is 0 Å². The number of alkyl halides is 3. The Kier molecular flexibility index (Phi) is 5.27. The fraction of sp³-hybridized carbons (Fsp3) is 0.238. The maximum Gasteiger partial charge on any atom is 0.416 e. The molecule has 7 heteroatoms. The number of aryl methyl sites for hydroxylation is 1. The number of amides is 1. The number of rotatable bonds is 4. The van der Waals surface area contributed by atoms with Crippen molar-refractivity contribution in [3.63, 3.8) is 0 Å². The highest BCUT2D eigenvalue weighted by atomic mass is 19.4. The van der Waals surface area contributed by atoms with Crippen molar-refractivity contribution in [3.05, 3.63) is 70.9 Å². The summed E-state index contributed by atoms with van der Waals surface area (Å²) in [5.74, 6) is 0.431. The zero-order valence-corrected chi connectivity index (χ0v) is 15.7. The molecule has 3 aromatic rings. The van der Waals surface area contributed by atoms with Crippen LogP contribution < -0.4 is 4.74 Å². The number of aromatic nitrogens is 1. The number of benzene rings is 2. The van der Waals surface area contributed by atoms with Gasteiger partial charge in [-0.3, -0.25) is 9.78 Å². The van der Waals surface area contributed by atoms with Crippen LogP contribution in [0.2, 0.25) is 0 Å². The van der Waals surface area contributed by atoms with E-state index in [4.69, 9.17) is 4.74 Å². The van der Waals surface area contributed by atoms with E-state index in [-0.39, 0.29) is 12.5 Å². The number of hydrogen-bond donors (Lipinski definition) is 0. The Labute approximate surface area is 160 Å². The molecule has 0 N–H and O–H groups in total. The SMILES string of the molecule is COc1ccc2cc(C(=O)N(C)Cc3ccc(C(F)(F)F)cc3)c(C)nc2c1. The van der Waals surface area contributed by atoms with Gasteiger partial charge in [-0.2, -0.15) is 13.2 Å². The van der Waals surface area contributed by atoms with Crippen LogP contribution in [0.3, 0.4) is 0 Å². The van der Waals surface area contributed by atoms with Gasteiger partial charge in [0.2, 0.25) is 0 Å². The number of pyridine rings is 1. The van der Waals surface area contributed by atoms with Gasteiger partial charge >= 0.3 is 6.18 Å². The Balaban J connectivity index is 1.82. The minimum absolute atomic E-state index is 0.192. The highest BCUT2D eigenvalue weighted by Crippen LogP contribution is 2.29. The van der Waals surface area contributed by atoms with Crippen LogP contribution in [-0.4, -0.2) is 29.9 Å². The maximum absolute atomic E-state index is 12.8. The van der Waals surface area contributed by atoms with Gasteiger partial charge in [0.25, 0.3) is 5.91 Å². The second-order valence-electron chi connectivity index (χ2n) is 6.54. The Morgan fingerprint density at radius 1 is 1.11 bits per heavy atom. The van der Waals surface area contributed by atoms with Crippen LogP contribution in [0.25, 0.3) is 10.9 Å². The van der Waals surface area contributed by atoms with E-state index in [2.05, 4.69) is 4.98 Å². The summed E-state index contributed by atoms with van der Waals surface area (Å²) in [4.78, 5) is 18.8. The molecular weight excluding hydrogens is 369 g/mol. The molecule has 4 nitrogen and oxygen atoms in total. The molecule has 2 aromatic carbocycles. The van der Waals surface area contributed by atoms with Crippen molar-refractivity contribution in [2.24, 2.45) is 0 Å². The first kappa shape index (κ1) is 19.7. The van der Waals surface area contributed by atoms with Crippen LogP contribution in [0.15, 0.2) is 48.5 Å². The quantitative estimate of drug-likeness (QED) is 0.642. The molecule has 0 aliphatic rings. The van der Waals surface area contributed by atoms with E-state index in [1.807, 2.05) is 6.07 Å². The third-order valence-corrected chi connectivity index (χ3v) is 4.49. The predicted molar refractivity (Wildman–Crippen MR) is 100 cm³/mol. The molecule has 1 heterocycles. The molecule has 1 aromatic heterocycles. The van der Waals surface area contributed by atoms with Crippen molar-refractivity contribution < 1.29 is 22.7 Å². The molecule has 0 aliphatic heterocycles. The number of nitrogens with zero attached hydrogens (tertiary/aromatic N) is 2. The van der Waals surface area contributed by atoms with Gasteiger partial charge in [0.1, 0.15) is 5.75 Å². The molecule has 3 rings (SSSR count). The van der Waals surface area contributed by atoms with Gasteiger partial charge in [-0.05, 0) is 42.8 Å². The molecule has 0 spiro atoms. The van der Waals surface area contributed by atoms with E-state index in [0.717, 1.165) is 23.0 Å². The van der Waals surface area contributed by atoms with Gasteiger partial charge in [-0.1, -0.05) is 12.1 Å². The van der Waals surface area contributed by atoms with Crippen LogP contribution >= 0.6 is 0 Å². The molecule has 0 saturated heterocycles. The van der Waals surface area contributed by atoms with Gasteiger partial charge < -0.3 is 9.64 Å². The topological polar surface area (TPSA) is 42.4 Å². The lowest BCUT2D eigenvalue weighted by Gasteiger charge is -2.19. The molecule has 0 radical (unpaired) electrons. The average Bonchev–Trinajstić information content (AvgIpc) is 2.66. The maximum atomic E-state index is 12.8. The van der Waals surface area contributed by atoms with Gasteiger partial charge in [0.05, 0.1) is 29.4 Å². The molecule has 1 amide bonds. The number of carbonyl (C=O) groups excluding carboxylic acids is 1. The van der Waals surface area contributed by atoms with Crippen LogP contribution in [0.1, 0.15) is 27.2 Å². The fourth-order valence-corrected chi connectivity index (χ4v) is 2.94. The second-order valence-corrected chi connectivity index (χ2v) is 6.54. The van der Waals surface area contributed by atoms with Crippen molar-refractivity contribution in [3.8, 4) is 5.75 Å².